The number of hydrogen-bond acceptors (Lipinski definition) is 3. The van der Waals surface area contributed by atoms with Gasteiger partial charge in [-0.05, 0) is 38.4 Å². The summed E-state index contributed by atoms with van der Waals surface area (Å²) >= 11 is 0. The van der Waals surface area contributed by atoms with Gasteiger partial charge in [0.1, 0.15) is 0 Å². The fraction of sp³-hybridized carbons (Fsp3) is 0.500. The number of aryl methyl sites for hydroxylation is 1. The zero-order chi connectivity index (χ0) is 13.0. The van der Waals surface area contributed by atoms with Gasteiger partial charge in [0.2, 0.25) is 0 Å². The molecule has 0 spiro atoms. The van der Waals surface area contributed by atoms with E-state index in [4.69, 9.17) is 4.42 Å². The Labute approximate surface area is 107 Å². The molecule has 4 heteroatoms. The highest BCUT2D eigenvalue weighted by Gasteiger charge is 2.09. The van der Waals surface area contributed by atoms with Crippen LogP contribution in [0.3, 0.4) is 0 Å². The maximum atomic E-state index is 11.7. The molecule has 0 aliphatic heterocycles. The summed E-state index contributed by atoms with van der Waals surface area (Å²) in [6.07, 6.45) is 3.15. The normalized spacial score (nSPS) is 13.0. The number of nitrogens with zero attached hydrogens (tertiary/aromatic N) is 1. The molecule has 0 bridgehead atoms. The molecule has 1 aromatic carbocycles. The van der Waals surface area contributed by atoms with E-state index in [1.165, 1.54) is 0 Å². The Kier molecular flexibility index (Phi) is 4.20. The Balaban J connectivity index is 2.08. The molecule has 0 saturated heterocycles. The van der Waals surface area contributed by atoms with E-state index in [1.807, 2.05) is 31.3 Å². The van der Waals surface area contributed by atoms with Crippen molar-refractivity contribution in [1.82, 2.24) is 9.88 Å². The molecule has 2 rings (SSSR count). The zero-order valence-corrected chi connectivity index (χ0v) is 11.0. The van der Waals surface area contributed by atoms with Crippen LogP contribution < -0.4 is 11.1 Å². The maximum absolute atomic E-state index is 11.7. The first-order chi connectivity index (χ1) is 8.76. The van der Waals surface area contributed by atoms with E-state index in [0.29, 0.717) is 18.2 Å². The van der Waals surface area contributed by atoms with Gasteiger partial charge in [-0.1, -0.05) is 19.1 Å². The van der Waals surface area contributed by atoms with Crippen LogP contribution in [0.15, 0.2) is 33.5 Å². The van der Waals surface area contributed by atoms with Crippen molar-refractivity contribution in [2.24, 2.45) is 0 Å². The van der Waals surface area contributed by atoms with Crippen LogP contribution in [0.4, 0.5) is 0 Å². The number of rotatable bonds is 6. The van der Waals surface area contributed by atoms with E-state index in [9.17, 15) is 4.79 Å². The molecule has 0 aliphatic rings. The van der Waals surface area contributed by atoms with Crippen LogP contribution in [0.5, 0.6) is 0 Å². The Morgan fingerprint density at radius 2 is 2.17 bits per heavy atom. The van der Waals surface area contributed by atoms with E-state index in [1.54, 1.807) is 4.57 Å². The molecule has 1 aromatic heterocycles. The summed E-state index contributed by atoms with van der Waals surface area (Å²) < 4.78 is 6.92. The van der Waals surface area contributed by atoms with Gasteiger partial charge >= 0.3 is 5.76 Å². The number of oxazole rings is 1. The Morgan fingerprint density at radius 1 is 1.39 bits per heavy atom. The summed E-state index contributed by atoms with van der Waals surface area (Å²) in [4.78, 5) is 11.7. The maximum Gasteiger partial charge on any atom is 0.419 e. The van der Waals surface area contributed by atoms with Crippen LogP contribution in [0.2, 0.25) is 0 Å². The molecule has 0 fully saturated rings. The predicted molar refractivity (Wildman–Crippen MR) is 72.8 cm³/mol. The molecule has 98 valence electrons. The van der Waals surface area contributed by atoms with Gasteiger partial charge in [0.15, 0.2) is 5.58 Å². The van der Waals surface area contributed by atoms with Crippen molar-refractivity contribution in [3.8, 4) is 0 Å². The first kappa shape index (κ1) is 12.9. The first-order valence-corrected chi connectivity index (χ1v) is 6.52. The minimum atomic E-state index is -0.256. The second-order valence-corrected chi connectivity index (χ2v) is 4.52. The number of nitrogens with one attached hydrogen (secondary N) is 1. The van der Waals surface area contributed by atoms with Gasteiger partial charge in [-0.15, -0.1) is 0 Å². The molecule has 4 nitrogen and oxygen atoms in total. The highest BCUT2D eigenvalue weighted by atomic mass is 16.4. The first-order valence-electron chi connectivity index (χ1n) is 6.52. The minimum absolute atomic E-state index is 0.256. The van der Waals surface area contributed by atoms with Crippen molar-refractivity contribution in [3.63, 3.8) is 0 Å². The molecule has 0 aliphatic carbocycles. The van der Waals surface area contributed by atoms with Gasteiger partial charge in [0, 0.05) is 12.6 Å². The van der Waals surface area contributed by atoms with E-state index in [-0.39, 0.29) is 5.76 Å². The molecule has 1 heterocycles. The Bertz CT molecular complexity index is 552. The Morgan fingerprint density at radius 3 is 2.89 bits per heavy atom. The van der Waals surface area contributed by atoms with Crippen molar-refractivity contribution >= 4 is 11.1 Å². The average molecular weight is 248 g/mol. The van der Waals surface area contributed by atoms with E-state index in [0.717, 1.165) is 24.8 Å². The van der Waals surface area contributed by atoms with Crippen LogP contribution in [0, 0.1) is 0 Å². The smallest absolute Gasteiger partial charge is 0.408 e. The second-order valence-electron chi connectivity index (χ2n) is 4.52. The lowest BCUT2D eigenvalue weighted by molar-refractivity contribution is 0.449. The van der Waals surface area contributed by atoms with E-state index >= 15 is 0 Å². The predicted octanol–water partition coefficient (Wildman–Crippen LogP) is 2.37. The topological polar surface area (TPSA) is 47.2 Å². The quantitative estimate of drug-likeness (QED) is 0.853. The lowest BCUT2D eigenvalue weighted by Gasteiger charge is -2.13. The van der Waals surface area contributed by atoms with Crippen LogP contribution in [0.1, 0.15) is 26.2 Å². The van der Waals surface area contributed by atoms with Gasteiger partial charge in [-0.25, -0.2) is 4.79 Å². The van der Waals surface area contributed by atoms with Crippen molar-refractivity contribution < 1.29 is 4.42 Å². The van der Waals surface area contributed by atoms with Crippen LogP contribution in [-0.4, -0.2) is 17.7 Å². The van der Waals surface area contributed by atoms with Crippen molar-refractivity contribution in [3.05, 3.63) is 34.8 Å². The van der Waals surface area contributed by atoms with Gasteiger partial charge in [-0.2, -0.15) is 0 Å². The number of para-hydroxylation sites is 2. The van der Waals surface area contributed by atoms with Crippen LogP contribution in [-0.2, 0) is 6.54 Å². The number of aromatic nitrogens is 1. The number of fused-ring (bicyclic) bond motifs is 1. The number of benzene rings is 1. The molecule has 1 N–H and O–H groups in total. The van der Waals surface area contributed by atoms with Crippen LogP contribution >= 0.6 is 0 Å². The van der Waals surface area contributed by atoms with E-state index in [2.05, 4.69) is 12.2 Å². The molecule has 0 saturated carbocycles. The van der Waals surface area contributed by atoms with Gasteiger partial charge in [-0.3, -0.25) is 4.57 Å². The molecule has 1 atom stereocenters. The molecule has 18 heavy (non-hydrogen) atoms. The SMILES string of the molecule is CCC(CCCn1c(=O)oc2ccccc21)NC. The lowest BCUT2D eigenvalue weighted by atomic mass is 10.1. The van der Waals surface area contributed by atoms with Crippen molar-refractivity contribution in [2.45, 2.75) is 38.8 Å². The highest BCUT2D eigenvalue weighted by molar-refractivity contribution is 5.72. The largest absolute Gasteiger partial charge is 0.419 e. The molecule has 0 radical (unpaired) electrons. The summed E-state index contributed by atoms with van der Waals surface area (Å²) in [6.45, 7) is 2.88. The Hall–Kier alpha value is -1.55. The van der Waals surface area contributed by atoms with Crippen molar-refractivity contribution in [1.29, 1.82) is 0 Å². The summed E-state index contributed by atoms with van der Waals surface area (Å²) in [5, 5.41) is 3.27. The fourth-order valence-corrected chi connectivity index (χ4v) is 2.27. The third-order valence-electron chi connectivity index (χ3n) is 3.41. The molecular formula is C14H20N2O2. The minimum Gasteiger partial charge on any atom is -0.408 e. The summed E-state index contributed by atoms with van der Waals surface area (Å²) in [6, 6.07) is 8.09. The van der Waals surface area contributed by atoms with Gasteiger partial charge < -0.3 is 9.73 Å². The summed E-state index contributed by atoms with van der Waals surface area (Å²) in [5.74, 6) is -0.256. The summed E-state index contributed by atoms with van der Waals surface area (Å²) in [5.41, 5.74) is 1.56. The average Bonchev–Trinajstić information content (AvgIpc) is 2.71. The molecule has 0 amide bonds. The van der Waals surface area contributed by atoms with Gasteiger partial charge in [0.05, 0.1) is 5.52 Å². The molecular weight excluding hydrogens is 228 g/mol. The third-order valence-corrected chi connectivity index (χ3v) is 3.41. The van der Waals surface area contributed by atoms with Crippen molar-refractivity contribution in [2.75, 3.05) is 7.05 Å². The fourth-order valence-electron chi connectivity index (χ4n) is 2.27. The summed E-state index contributed by atoms with van der Waals surface area (Å²) in [7, 11) is 1.98. The molecule has 2 aromatic rings. The van der Waals surface area contributed by atoms with Gasteiger partial charge in [0.25, 0.3) is 0 Å². The highest BCUT2D eigenvalue weighted by Crippen LogP contribution is 2.13. The lowest BCUT2D eigenvalue weighted by Crippen LogP contribution is -2.25. The third kappa shape index (κ3) is 2.64. The van der Waals surface area contributed by atoms with Crippen LogP contribution in [0.25, 0.3) is 11.1 Å². The second kappa shape index (κ2) is 5.87. The number of hydrogen-bond donors (Lipinski definition) is 1. The monoisotopic (exact) mass is 248 g/mol. The molecule has 1 unspecified atom stereocenters. The van der Waals surface area contributed by atoms with E-state index < -0.39 is 0 Å². The standard InChI is InChI=1S/C14H20N2O2/c1-3-11(15-2)7-6-10-16-12-8-4-5-9-13(12)18-14(16)17/h4-5,8-9,11,15H,3,6-7,10H2,1-2H3. The zero-order valence-electron chi connectivity index (χ0n) is 11.0.